The SMILES string of the molecule is C[C@@]1(C(=O)O)CCCN1C(=O)C[C@H]1CC[C@@H](NC(=O)OCC2c3ccccc3-c3ccccc32)C1. The highest BCUT2D eigenvalue weighted by Crippen LogP contribution is 2.44. The van der Waals surface area contributed by atoms with Crippen molar-refractivity contribution in [2.75, 3.05) is 13.2 Å². The number of aliphatic carboxylic acids is 1. The molecule has 2 aromatic carbocycles. The Kier molecular flexibility index (Phi) is 6.26. The van der Waals surface area contributed by atoms with Crippen LogP contribution in [0.3, 0.4) is 0 Å². The smallest absolute Gasteiger partial charge is 0.407 e. The van der Waals surface area contributed by atoms with Crippen LogP contribution in [0.4, 0.5) is 4.79 Å². The number of carboxylic acid groups (broad SMARTS) is 1. The van der Waals surface area contributed by atoms with Crippen LogP contribution in [0.1, 0.15) is 62.5 Å². The number of likely N-dealkylation sites (tertiary alicyclic amines) is 1. The third kappa shape index (κ3) is 4.40. The van der Waals surface area contributed by atoms with Gasteiger partial charge in [0, 0.05) is 24.9 Å². The summed E-state index contributed by atoms with van der Waals surface area (Å²) in [4.78, 5) is 38.7. The van der Waals surface area contributed by atoms with Gasteiger partial charge in [-0.25, -0.2) is 9.59 Å². The highest BCUT2D eigenvalue weighted by atomic mass is 16.5. The van der Waals surface area contributed by atoms with Gasteiger partial charge in [-0.3, -0.25) is 4.79 Å². The van der Waals surface area contributed by atoms with Gasteiger partial charge in [-0.1, -0.05) is 48.5 Å². The zero-order valence-electron chi connectivity index (χ0n) is 20.0. The lowest BCUT2D eigenvalue weighted by atomic mass is 9.97. The summed E-state index contributed by atoms with van der Waals surface area (Å²) in [5, 5.41) is 12.6. The fourth-order valence-electron chi connectivity index (χ4n) is 6.14. The zero-order valence-corrected chi connectivity index (χ0v) is 20.0. The van der Waals surface area contributed by atoms with Crippen LogP contribution in [0.2, 0.25) is 0 Å². The Balaban J connectivity index is 1.13. The van der Waals surface area contributed by atoms with Crippen LogP contribution in [0.15, 0.2) is 48.5 Å². The quantitative estimate of drug-likeness (QED) is 0.638. The maximum absolute atomic E-state index is 12.9. The Morgan fingerprint density at radius 1 is 1.06 bits per heavy atom. The summed E-state index contributed by atoms with van der Waals surface area (Å²) in [6, 6.07) is 16.4. The number of nitrogens with one attached hydrogen (secondary N) is 1. The lowest BCUT2D eigenvalue weighted by Crippen LogP contribution is -2.51. The number of alkyl carbamates (subject to hydrolysis) is 1. The molecule has 5 rings (SSSR count). The number of carbonyl (C=O) groups excluding carboxylic acids is 2. The summed E-state index contributed by atoms with van der Waals surface area (Å²) in [6.07, 6.45) is 3.42. The van der Waals surface area contributed by atoms with Crippen molar-refractivity contribution >= 4 is 18.0 Å². The van der Waals surface area contributed by atoms with Crippen molar-refractivity contribution in [3.8, 4) is 11.1 Å². The molecule has 1 saturated carbocycles. The largest absolute Gasteiger partial charge is 0.480 e. The normalized spacial score (nSPS) is 25.2. The van der Waals surface area contributed by atoms with Crippen molar-refractivity contribution in [3.63, 3.8) is 0 Å². The van der Waals surface area contributed by atoms with Crippen molar-refractivity contribution in [3.05, 3.63) is 59.7 Å². The van der Waals surface area contributed by atoms with Crippen LogP contribution < -0.4 is 5.32 Å². The predicted molar refractivity (Wildman–Crippen MR) is 131 cm³/mol. The van der Waals surface area contributed by atoms with E-state index in [-0.39, 0.29) is 30.4 Å². The molecule has 2 aliphatic carbocycles. The highest BCUT2D eigenvalue weighted by Gasteiger charge is 2.46. The number of benzene rings is 2. The molecule has 1 saturated heterocycles. The number of hydrogen-bond donors (Lipinski definition) is 2. The Bertz CT molecular complexity index is 1100. The van der Waals surface area contributed by atoms with Gasteiger partial charge in [0.15, 0.2) is 0 Å². The monoisotopic (exact) mass is 476 g/mol. The minimum absolute atomic E-state index is 0.0195. The third-order valence-corrected chi connectivity index (χ3v) is 8.07. The summed E-state index contributed by atoms with van der Waals surface area (Å²) in [5.41, 5.74) is 3.64. The molecule has 3 aliphatic rings. The topological polar surface area (TPSA) is 95.9 Å². The maximum Gasteiger partial charge on any atom is 0.407 e. The number of rotatable bonds is 6. The minimum atomic E-state index is -1.10. The number of amides is 2. The molecule has 2 N–H and O–H groups in total. The molecule has 0 bridgehead atoms. The van der Waals surface area contributed by atoms with E-state index in [1.54, 1.807) is 6.92 Å². The molecule has 35 heavy (non-hydrogen) atoms. The zero-order chi connectivity index (χ0) is 24.6. The molecule has 3 atom stereocenters. The fraction of sp³-hybridized carbons (Fsp3) is 0.464. The molecule has 0 radical (unpaired) electrons. The average molecular weight is 477 g/mol. The molecule has 7 heteroatoms. The van der Waals surface area contributed by atoms with E-state index in [0.717, 1.165) is 12.8 Å². The first-order chi connectivity index (χ1) is 16.9. The molecule has 0 aromatic heterocycles. The predicted octanol–water partition coefficient (Wildman–Crippen LogP) is 4.55. The van der Waals surface area contributed by atoms with Gasteiger partial charge in [-0.15, -0.1) is 0 Å². The summed E-state index contributed by atoms with van der Waals surface area (Å²) in [6.45, 7) is 2.41. The van der Waals surface area contributed by atoms with Gasteiger partial charge in [0.1, 0.15) is 12.1 Å². The molecule has 0 spiro atoms. The van der Waals surface area contributed by atoms with Crippen LogP contribution in [0.25, 0.3) is 11.1 Å². The van der Waals surface area contributed by atoms with Crippen molar-refractivity contribution in [1.29, 1.82) is 0 Å². The van der Waals surface area contributed by atoms with E-state index in [4.69, 9.17) is 4.74 Å². The lowest BCUT2D eigenvalue weighted by molar-refractivity contribution is -0.155. The first kappa shape index (κ1) is 23.4. The van der Waals surface area contributed by atoms with E-state index >= 15 is 0 Å². The number of ether oxygens (including phenoxy) is 1. The van der Waals surface area contributed by atoms with Crippen LogP contribution in [-0.2, 0) is 14.3 Å². The summed E-state index contributed by atoms with van der Waals surface area (Å²) >= 11 is 0. The van der Waals surface area contributed by atoms with E-state index in [9.17, 15) is 19.5 Å². The summed E-state index contributed by atoms with van der Waals surface area (Å²) < 4.78 is 5.66. The highest BCUT2D eigenvalue weighted by molar-refractivity contribution is 5.87. The molecule has 2 aromatic rings. The van der Waals surface area contributed by atoms with Crippen LogP contribution in [0.5, 0.6) is 0 Å². The molecular weight excluding hydrogens is 444 g/mol. The molecule has 2 fully saturated rings. The first-order valence-corrected chi connectivity index (χ1v) is 12.5. The van der Waals surface area contributed by atoms with Crippen molar-refractivity contribution in [2.45, 2.75) is 62.9 Å². The molecule has 0 unspecified atom stereocenters. The van der Waals surface area contributed by atoms with E-state index in [0.29, 0.717) is 32.2 Å². The van der Waals surface area contributed by atoms with Gasteiger partial charge < -0.3 is 20.1 Å². The first-order valence-electron chi connectivity index (χ1n) is 12.5. The summed E-state index contributed by atoms with van der Waals surface area (Å²) in [7, 11) is 0. The Morgan fingerprint density at radius 3 is 2.37 bits per heavy atom. The van der Waals surface area contributed by atoms with Gasteiger partial charge >= 0.3 is 12.1 Å². The van der Waals surface area contributed by atoms with Gasteiger partial charge in [-0.2, -0.15) is 0 Å². The summed E-state index contributed by atoms with van der Waals surface area (Å²) in [5.74, 6) is -0.880. The second kappa shape index (κ2) is 9.36. The van der Waals surface area contributed by atoms with E-state index in [1.807, 2.05) is 24.3 Å². The van der Waals surface area contributed by atoms with Gasteiger partial charge in [0.05, 0.1) is 0 Å². The molecular formula is C28H32N2O5. The molecule has 2 amide bonds. The van der Waals surface area contributed by atoms with Gasteiger partial charge in [0.25, 0.3) is 0 Å². The van der Waals surface area contributed by atoms with E-state index in [2.05, 4.69) is 29.6 Å². The Hall–Kier alpha value is -3.35. The molecule has 1 heterocycles. The maximum atomic E-state index is 12.9. The number of carbonyl (C=O) groups is 3. The van der Waals surface area contributed by atoms with E-state index in [1.165, 1.54) is 27.2 Å². The lowest BCUT2D eigenvalue weighted by Gasteiger charge is -2.32. The number of carboxylic acids is 1. The molecule has 7 nitrogen and oxygen atoms in total. The standard InChI is InChI=1S/C28H32N2O5/c1-28(26(32)33)13-6-14-30(28)25(31)16-18-11-12-19(15-18)29-27(34)35-17-24-22-9-4-2-7-20(22)21-8-3-5-10-23(21)24/h2-5,7-10,18-19,24H,6,11-17H2,1H3,(H,29,34)(H,32,33)/t18-,19+,28-/m0/s1. The average Bonchev–Trinajstić information content (AvgIpc) is 3.54. The van der Waals surface area contributed by atoms with Gasteiger partial charge in [-0.05, 0) is 67.2 Å². The Labute approximate surface area is 205 Å². The van der Waals surface area contributed by atoms with Crippen molar-refractivity contribution < 1.29 is 24.2 Å². The van der Waals surface area contributed by atoms with Gasteiger partial charge in [0.2, 0.25) is 5.91 Å². The Morgan fingerprint density at radius 2 is 1.71 bits per heavy atom. The van der Waals surface area contributed by atoms with E-state index < -0.39 is 17.6 Å². The fourth-order valence-corrected chi connectivity index (χ4v) is 6.14. The number of hydrogen-bond acceptors (Lipinski definition) is 4. The second-order valence-electron chi connectivity index (χ2n) is 10.3. The van der Waals surface area contributed by atoms with Crippen LogP contribution in [-0.4, -0.2) is 52.7 Å². The number of nitrogens with zero attached hydrogens (tertiary/aromatic N) is 1. The third-order valence-electron chi connectivity index (χ3n) is 8.07. The molecule has 1 aliphatic heterocycles. The van der Waals surface area contributed by atoms with Crippen LogP contribution in [0, 0.1) is 5.92 Å². The van der Waals surface area contributed by atoms with Crippen LogP contribution >= 0.6 is 0 Å². The second-order valence-corrected chi connectivity index (χ2v) is 10.3. The number of fused-ring (bicyclic) bond motifs is 3. The van der Waals surface area contributed by atoms with Crippen molar-refractivity contribution in [2.24, 2.45) is 5.92 Å². The minimum Gasteiger partial charge on any atom is -0.480 e. The van der Waals surface area contributed by atoms with Crippen molar-refractivity contribution in [1.82, 2.24) is 10.2 Å². The molecule has 184 valence electrons.